The van der Waals surface area contributed by atoms with E-state index < -0.39 is 5.92 Å². The maximum Gasteiger partial charge on any atom is 0.205 e. The van der Waals surface area contributed by atoms with Crippen LogP contribution in [-0.4, -0.2) is 10.4 Å². The average molecular weight is 412 g/mol. The maximum absolute atomic E-state index is 13.2. The topological polar surface area (TPSA) is 81.0 Å². The summed E-state index contributed by atoms with van der Waals surface area (Å²) >= 11 is 0. The molecule has 2 aromatic carbocycles. The third-order valence-corrected chi connectivity index (χ3v) is 6.52. The minimum Gasteiger partial charge on any atom is -0.444 e. The summed E-state index contributed by atoms with van der Waals surface area (Å²) in [6.07, 6.45) is 1.06. The quantitative estimate of drug-likeness (QED) is 0.623. The standard InChI is InChI=1S/C26H25N3O2/c1-4-29-19-8-6-5-7-16(19)17-11-15(9-10-20(17)29)23-18(14-27)25(28)31-22-13-26(2,3)12-21(30)24(22)23/h5-11,23H,4,12-13,28H2,1-3H3/t23-/m0/s1. The molecule has 5 nitrogen and oxygen atoms in total. The van der Waals surface area contributed by atoms with Crippen LogP contribution >= 0.6 is 0 Å². The lowest BCUT2D eigenvalue weighted by Gasteiger charge is -2.37. The molecular weight excluding hydrogens is 386 g/mol. The molecular formula is C26H25N3O2. The van der Waals surface area contributed by atoms with Gasteiger partial charge in [-0.2, -0.15) is 5.26 Å². The van der Waals surface area contributed by atoms with Gasteiger partial charge >= 0.3 is 0 Å². The van der Waals surface area contributed by atoms with Crippen molar-refractivity contribution in [2.24, 2.45) is 11.1 Å². The lowest BCUT2D eigenvalue weighted by atomic mass is 9.70. The molecule has 156 valence electrons. The highest BCUT2D eigenvalue weighted by molar-refractivity contribution is 6.08. The Bertz CT molecular complexity index is 1360. The van der Waals surface area contributed by atoms with Crippen molar-refractivity contribution in [3.05, 3.63) is 70.8 Å². The summed E-state index contributed by atoms with van der Waals surface area (Å²) in [5.41, 5.74) is 10.1. The fourth-order valence-electron chi connectivity index (χ4n) is 5.21. The van der Waals surface area contributed by atoms with Crippen LogP contribution in [0.5, 0.6) is 0 Å². The van der Waals surface area contributed by atoms with E-state index in [1.54, 1.807) is 0 Å². The highest BCUT2D eigenvalue weighted by atomic mass is 16.5. The number of carbonyl (C=O) groups excluding carboxylic acids is 1. The number of nitrogens with zero attached hydrogens (tertiary/aromatic N) is 2. The van der Waals surface area contributed by atoms with E-state index in [2.05, 4.69) is 55.7 Å². The first-order valence-corrected chi connectivity index (χ1v) is 10.7. The first-order chi connectivity index (χ1) is 14.8. The van der Waals surface area contributed by atoms with Crippen LogP contribution in [0.4, 0.5) is 0 Å². The summed E-state index contributed by atoms with van der Waals surface area (Å²) in [7, 11) is 0. The molecule has 5 rings (SSSR count). The van der Waals surface area contributed by atoms with Crippen molar-refractivity contribution in [2.45, 2.75) is 46.1 Å². The number of fused-ring (bicyclic) bond motifs is 3. The minimum absolute atomic E-state index is 0.0348. The first-order valence-electron chi connectivity index (χ1n) is 10.7. The number of para-hydroxylation sites is 1. The number of Topliss-reactive ketones (excluding diaryl/α,β-unsaturated/α-hetero) is 1. The fourth-order valence-corrected chi connectivity index (χ4v) is 5.21. The van der Waals surface area contributed by atoms with Crippen molar-refractivity contribution in [3.8, 4) is 6.07 Å². The van der Waals surface area contributed by atoms with E-state index in [0.29, 0.717) is 29.7 Å². The molecule has 0 fully saturated rings. The molecule has 0 bridgehead atoms. The van der Waals surface area contributed by atoms with Gasteiger partial charge in [0.2, 0.25) is 5.88 Å². The van der Waals surface area contributed by atoms with Crippen LogP contribution in [-0.2, 0) is 16.1 Å². The monoisotopic (exact) mass is 411 g/mol. The Morgan fingerprint density at radius 3 is 2.65 bits per heavy atom. The largest absolute Gasteiger partial charge is 0.444 e. The van der Waals surface area contributed by atoms with E-state index in [1.807, 2.05) is 18.2 Å². The zero-order chi connectivity index (χ0) is 21.9. The second-order valence-electron chi connectivity index (χ2n) is 9.24. The van der Waals surface area contributed by atoms with E-state index in [0.717, 1.165) is 28.4 Å². The average Bonchev–Trinajstić information content (AvgIpc) is 3.04. The van der Waals surface area contributed by atoms with Gasteiger partial charge in [-0.05, 0) is 36.1 Å². The zero-order valence-electron chi connectivity index (χ0n) is 18.0. The van der Waals surface area contributed by atoms with Gasteiger partial charge in [-0.1, -0.05) is 38.1 Å². The summed E-state index contributed by atoms with van der Waals surface area (Å²) in [6, 6.07) is 16.8. The summed E-state index contributed by atoms with van der Waals surface area (Å²) in [4.78, 5) is 13.2. The number of hydrogen-bond donors (Lipinski definition) is 1. The number of ketones is 1. The van der Waals surface area contributed by atoms with E-state index in [9.17, 15) is 10.1 Å². The van der Waals surface area contributed by atoms with Gasteiger partial charge in [-0.25, -0.2) is 0 Å². The molecule has 0 saturated heterocycles. The molecule has 0 radical (unpaired) electrons. The predicted octanol–water partition coefficient (Wildman–Crippen LogP) is 5.27. The van der Waals surface area contributed by atoms with Gasteiger partial charge in [-0.3, -0.25) is 4.79 Å². The number of allylic oxidation sites excluding steroid dienone is 3. The van der Waals surface area contributed by atoms with Crippen molar-refractivity contribution in [1.29, 1.82) is 5.26 Å². The lowest BCUT2D eigenvalue weighted by Crippen LogP contribution is -2.33. The molecule has 0 spiro atoms. The number of nitriles is 1. The highest BCUT2D eigenvalue weighted by Gasteiger charge is 2.43. The Balaban J connectivity index is 1.76. The fraction of sp³-hybridized carbons (Fsp3) is 0.308. The van der Waals surface area contributed by atoms with Crippen molar-refractivity contribution in [2.75, 3.05) is 0 Å². The van der Waals surface area contributed by atoms with Crippen LogP contribution in [0.25, 0.3) is 21.8 Å². The summed E-state index contributed by atoms with van der Waals surface area (Å²) in [5, 5.41) is 12.2. The SMILES string of the molecule is CCn1c2ccccc2c2cc([C@H]3C(C#N)=C(N)OC4=C3C(=O)CC(C)(C)C4)ccc21. The summed E-state index contributed by atoms with van der Waals surface area (Å²) in [5.74, 6) is 0.254. The summed E-state index contributed by atoms with van der Waals surface area (Å²) in [6.45, 7) is 7.10. The van der Waals surface area contributed by atoms with Gasteiger partial charge in [0.15, 0.2) is 5.78 Å². The third kappa shape index (κ3) is 2.86. The molecule has 0 amide bonds. The molecule has 0 unspecified atom stereocenters. The van der Waals surface area contributed by atoms with E-state index >= 15 is 0 Å². The van der Waals surface area contributed by atoms with Gasteiger partial charge in [0.1, 0.15) is 17.4 Å². The van der Waals surface area contributed by atoms with Crippen molar-refractivity contribution < 1.29 is 9.53 Å². The molecule has 31 heavy (non-hydrogen) atoms. The van der Waals surface area contributed by atoms with Crippen LogP contribution in [0.15, 0.2) is 65.3 Å². The molecule has 1 atom stereocenters. The van der Waals surface area contributed by atoms with E-state index in [4.69, 9.17) is 10.5 Å². The van der Waals surface area contributed by atoms with Crippen LogP contribution < -0.4 is 5.73 Å². The molecule has 3 aromatic rings. The Hall–Kier alpha value is -3.52. The predicted molar refractivity (Wildman–Crippen MR) is 121 cm³/mol. The lowest BCUT2D eigenvalue weighted by molar-refractivity contribution is -0.119. The maximum atomic E-state index is 13.2. The number of ether oxygens (including phenoxy) is 1. The third-order valence-electron chi connectivity index (χ3n) is 6.52. The highest BCUT2D eigenvalue weighted by Crippen LogP contribution is 2.48. The molecule has 1 aliphatic carbocycles. The Morgan fingerprint density at radius 2 is 1.90 bits per heavy atom. The number of nitrogens with two attached hydrogens (primary N) is 1. The summed E-state index contributed by atoms with van der Waals surface area (Å²) < 4.78 is 8.10. The Kier molecular flexibility index (Phi) is 4.23. The second kappa shape index (κ2) is 6.75. The van der Waals surface area contributed by atoms with Crippen LogP contribution in [0.3, 0.4) is 0 Å². The van der Waals surface area contributed by atoms with E-state index in [-0.39, 0.29) is 17.1 Å². The molecule has 0 saturated carbocycles. The van der Waals surface area contributed by atoms with Gasteiger partial charge in [0.05, 0.1) is 5.92 Å². The number of rotatable bonds is 2. The molecule has 2 aliphatic rings. The van der Waals surface area contributed by atoms with Gasteiger partial charge < -0.3 is 15.0 Å². The number of aromatic nitrogens is 1. The second-order valence-corrected chi connectivity index (χ2v) is 9.24. The van der Waals surface area contributed by atoms with Crippen LogP contribution in [0.1, 0.15) is 45.1 Å². The number of carbonyl (C=O) groups is 1. The smallest absolute Gasteiger partial charge is 0.205 e. The van der Waals surface area contributed by atoms with Crippen LogP contribution in [0.2, 0.25) is 0 Å². The van der Waals surface area contributed by atoms with Crippen LogP contribution in [0, 0.1) is 16.7 Å². The van der Waals surface area contributed by atoms with Gasteiger partial charge in [0, 0.05) is 46.8 Å². The van der Waals surface area contributed by atoms with E-state index in [1.165, 1.54) is 5.52 Å². The van der Waals surface area contributed by atoms with Crippen molar-refractivity contribution in [1.82, 2.24) is 4.57 Å². The molecule has 2 N–H and O–H groups in total. The van der Waals surface area contributed by atoms with Crippen molar-refractivity contribution >= 4 is 27.6 Å². The van der Waals surface area contributed by atoms with Crippen molar-refractivity contribution in [3.63, 3.8) is 0 Å². The first kappa shape index (κ1) is 19.4. The molecule has 1 aliphatic heterocycles. The minimum atomic E-state index is -0.495. The molecule has 1 aromatic heterocycles. The zero-order valence-corrected chi connectivity index (χ0v) is 18.0. The number of aryl methyl sites for hydroxylation is 1. The number of hydrogen-bond acceptors (Lipinski definition) is 4. The Labute approximate surface area is 181 Å². The molecule has 2 heterocycles. The Morgan fingerprint density at radius 1 is 1.16 bits per heavy atom. The molecule has 5 heteroatoms. The van der Waals surface area contributed by atoms with Gasteiger partial charge in [0.25, 0.3) is 0 Å². The van der Waals surface area contributed by atoms with Gasteiger partial charge in [-0.15, -0.1) is 0 Å². The number of benzene rings is 2. The normalized spacial score (nSPS) is 20.7.